The Bertz CT molecular complexity index is 623. The molecule has 1 aliphatic heterocycles. The van der Waals surface area contributed by atoms with Crippen LogP contribution in [-0.4, -0.2) is 29.7 Å². The van der Waals surface area contributed by atoms with Crippen molar-refractivity contribution >= 4 is 5.71 Å². The first-order chi connectivity index (χ1) is 12.4. The summed E-state index contributed by atoms with van der Waals surface area (Å²) in [5.41, 5.74) is 5.55. The molecule has 2 nitrogen and oxygen atoms in total. The summed E-state index contributed by atoms with van der Waals surface area (Å²) in [6, 6.07) is 0.359. The summed E-state index contributed by atoms with van der Waals surface area (Å²) in [5, 5.41) is 0. The van der Waals surface area contributed by atoms with E-state index in [1.807, 2.05) is 18.2 Å². The monoisotopic (exact) mass is 352 g/mol. The lowest BCUT2D eigenvalue weighted by Crippen LogP contribution is -2.41. The van der Waals surface area contributed by atoms with E-state index in [9.17, 15) is 0 Å². The molecule has 1 unspecified atom stereocenters. The maximum absolute atomic E-state index is 5.07. The topological polar surface area (TPSA) is 15.6 Å². The SMILES string of the molecule is C=C\C=C/C=C(CC(=C)C)/C(N=C(C)C(C)N1CCCCC1)=C(/C)C=C. The van der Waals surface area contributed by atoms with E-state index in [0.29, 0.717) is 6.04 Å². The fourth-order valence-electron chi connectivity index (χ4n) is 3.15. The van der Waals surface area contributed by atoms with E-state index in [-0.39, 0.29) is 0 Å². The highest BCUT2D eigenvalue weighted by molar-refractivity contribution is 5.88. The Hall–Kier alpha value is -1.93. The van der Waals surface area contributed by atoms with Crippen LogP contribution in [0, 0.1) is 0 Å². The van der Waals surface area contributed by atoms with Gasteiger partial charge >= 0.3 is 0 Å². The van der Waals surface area contributed by atoms with Crippen molar-refractivity contribution in [3.63, 3.8) is 0 Å². The van der Waals surface area contributed by atoms with Gasteiger partial charge in [0.1, 0.15) is 0 Å². The number of hydrogen-bond acceptors (Lipinski definition) is 2. The third-order valence-electron chi connectivity index (χ3n) is 4.85. The summed E-state index contributed by atoms with van der Waals surface area (Å²) in [5.74, 6) is 0. The Morgan fingerprint density at radius 1 is 1.08 bits per heavy atom. The molecule has 0 radical (unpaired) electrons. The van der Waals surface area contributed by atoms with E-state index in [4.69, 9.17) is 4.99 Å². The summed E-state index contributed by atoms with van der Waals surface area (Å²) in [6.45, 7) is 22.7. The normalized spacial score (nSPS) is 19.2. The molecule has 0 aromatic carbocycles. The van der Waals surface area contributed by atoms with E-state index in [1.54, 1.807) is 6.08 Å². The van der Waals surface area contributed by atoms with Crippen LogP contribution < -0.4 is 0 Å². The molecule has 0 aromatic heterocycles. The quantitative estimate of drug-likeness (QED) is 0.266. The van der Waals surface area contributed by atoms with Gasteiger partial charge in [0.2, 0.25) is 0 Å². The van der Waals surface area contributed by atoms with E-state index >= 15 is 0 Å². The van der Waals surface area contributed by atoms with Gasteiger partial charge in [-0.1, -0.05) is 62.1 Å². The van der Waals surface area contributed by atoms with Crippen LogP contribution in [0.25, 0.3) is 0 Å². The second-order valence-corrected chi connectivity index (χ2v) is 7.21. The van der Waals surface area contributed by atoms with Crippen LogP contribution in [0.1, 0.15) is 53.4 Å². The van der Waals surface area contributed by atoms with Gasteiger partial charge in [0.15, 0.2) is 0 Å². The minimum atomic E-state index is 0.359. The maximum atomic E-state index is 5.07. The van der Waals surface area contributed by atoms with Crippen LogP contribution in [0.5, 0.6) is 0 Å². The van der Waals surface area contributed by atoms with Gasteiger partial charge in [0, 0.05) is 11.8 Å². The smallest absolute Gasteiger partial charge is 0.0693 e. The summed E-state index contributed by atoms with van der Waals surface area (Å²) >= 11 is 0. The van der Waals surface area contributed by atoms with Gasteiger partial charge in [0.25, 0.3) is 0 Å². The van der Waals surface area contributed by atoms with E-state index < -0.39 is 0 Å². The van der Waals surface area contributed by atoms with Crippen molar-refractivity contribution < 1.29 is 0 Å². The number of aliphatic imine (C=N–C) groups is 1. The van der Waals surface area contributed by atoms with Gasteiger partial charge in [-0.25, -0.2) is 0 Å². The first-order valence-electron chi connectivity index (χ1n) is 9.66. The number of nitrogens with zero attached hydrogens (tertiary/aromatic N) is 2. The van der Waals surface area contributed by atoms with Crippen molar-refractivity contribution in [3.8, 4) is 0 Å². The molecular weight excluding hydrogens is 316 g/mol. The van der Waals surface area contributed by atoms with Crippen molar-refractivity contribution in [2.45, 2.75) is 59.4 Å². The van der Waals surface area contributed by atoms with Crippen molar-refractivity contribution in [2.75, 3.05) is 13.1 Å². The largest absolute Gasteiger partial charge is 0.295 e. The first kappa shape index (κ1) is 22.1. The van der Waals surface area contributed by atoms with E-state index in [1.165, 1.54) is 32.4 Å². The third kappa shape index (κ3) is 7.13. The Morgan fingerprint density at radius 2 is 1.73 bits per heavy atom. The molecule has 0 saturated carbocycles. The fraction of sp³-hybridized carbons (Fsp3) is 0.458. The average Bonchev–Trinajstić information content (AvgIpc) is 2.64. The Balaban J connectivity index is 3.23. The minimum Gasteiger partial charge on any atom is -0.295 e. The van der Waals surface area contributed by atoms with Gasteiger partial charge in [-0.15, -0.1) is 0 Å². The number of likely N-dealkylation sites (tertiary alicyclic amines) is 1. The second-order valence-electron chi connectivity index (χ2n) is 7.21. The van der Waals surface area contributed by atoms with Crippen LogP contribution >= 0.6 is 0 Å². The molecular formula is C24H36N2. The van der Waals surface area contributed by atoms with Crippen molar-refractivity contribution in [2.24, 2.45) is 4.99 Å². The Kier molecular flexibility index (Phi) is 9.90. The highest BCUT2D eigenvalue weighted by atomic mass is 15.2. The van der Waals surface area contributed by atoms with E-state index in [0.717, 1.165) is 34.5 Å². The van der Waals surface area contributed by atoms with Crippen LogP contribution in [0.2, 0.25) is 0 Å². The molecule has 1 rings (SSSR count). The first-order valence-corrected chi connectivity index (χ1v) is 9.66. The van der Waals surface area contributed by atoms with Gasteiger partial charge in [0.05, 0.1) is 5.70 Å². The molecule has 0 spiro atoms. The fourth-order valence-corrected chi connectivity index (χ4v) is 3.15. The van der Waals surface area contributed by atoms with Crippen LogP contribution in [0.4, 0.5) is 0 Å². The van der Waals surface area contributed by atoms with Gasteiger partial charge in [-0.2, -0.15) is 0 Å². The van der Waals surface area contributed by atoms with Crippen molar-refractivity contribution in [3.05, 3.63) is 72.5 Å². The summed E-state index contributed by atoms with van der Waals surface area (Å²) in [6.07, 6.45) is 14.5. The second kappa shape index (κ2) is 11.6. The molecule has 1 atom stereocenters. The molecule has 26 heavy (non-hydrogen) atoms. The zero-order valence-corrected chi connectivity index (χ0v) is 17.2. The van der Waals surface area contributed by atoms with Gasteiger partial charge < -0.3 is 0 Å². The highest BCUT2D eigenvalue weighted by Gasteiger charge is 2.19. The zero-order chi connectivity index (χ0) is 19.5. The summed E-state index contributed by atoms with van der Waals surface area (Å²) in [4.78, 5) is 7.61. The van der Waals surface area contributed by atoms with E-state index in [2.05, 4.69) is 58.4 Å². The average molecular weight is 353 g/mol. The summed E-state index contributed by atoms with van der Waals surface area (Å²) in [7, 11) is 0. The molecule has 0 aliphatic carbocycles. The molecule has 1 heterocycles. The maximum Gasteiger partial charge on any atom is 0.0693 e. The lowest BCUT2D eigenvalue weighted by atomic mass is 10.00. The van der Waals surface area contributed by atoms with Gasteiger partial charge in [-0.3, -0.25) is 9.89 Å². The lowest BCUT2D eigenvalue weighted by Gasteiger charge is -2.32. The van der Waals surface area contributed by atoms with Crippen molar-refractivity contribution in [1.29, 1.82) is 0 Å². The molecule has 1 fully saturated rings. The predicted octanol–water partition coefficient (Wildman–Crippen LogP) is 6.42. The van der Waals surface area contributed by atoms with Gasteiger partial charge in [-0.05, 0) is 71.2 Å². The molecule has 2 heteroatoms. The highest BCUT2D eigenvalue weighted by Crippen LogP contribution is 2.25. The molecule has 0 N–H and O–H groups in total. The minimum absolute atomic E-state index is 0.359. The molecule has 1 aliphatic rings. The van der Waals surface area contributed by atoms with Crippen LogP contribution in [-0.2, 0) is 0 Å². The third-order valence-corrected chi connectivity index (χ3v) is 4.85. The summed E-state index contributed by atoms with van der Waals surface area (Å²) < 4.78 is 0. The number of piperidine rings is 1. The Morgan fingerprint density at radius 3 is 2.27 bits per heavy atom. The Labute approximate surface area is 161 Å². The molecule has 142 valence electrons. The zero-order valence-electron chi connectivity index (χ0n) is 17.2. The number of hydrogen-bond donors (Lipinski definition) is 0. The molecule has 1 saturated heterocycles. The van der Waals surface area contributed by atoms with Crippen molar-refractivity contribution in [1.82, 2.24) is 4.90 Å². The number of rotatable bonds is 9. The predicted molar refractivity (Wildman–Crippen MR) is 118 cm³/mol. The van der Waals surface area contributed by atoms with Crippen LogP contribution in [0.3, 0.4) is 0 Å². The standard InChI is InChI=1S/C24H36N2/c1-8-10-12-15-23(18-19(3)4)24(20(5)9-2)25-21(6)22(7)26-16-13-11-14-17-26/h8-10,12,15,22H,1-3,11,13-14,16-18H2,4-7H3/b12-10-,23-15+,24-20+,25-21?. The van der Waals surface area contributed by atoms with Crippen LogP contribution in [0.15, 0.2) is 77.5 Å². The molecule has 0 aromatic rings. The lowest BCUT2D eigenvalue weighted by molar-refractivity contribution is 0.210. The number of allylic oxidation sites excluding steroid dienone is 8. The molecule has 0 bridgehead atoms. The molecule has 0 amide bonds.